The molecule has 1 aromatic heterocycles. The maximum Gasteiger partial charge on any atom is 0.258 e. The summed E-state index contributed by atoms with van der Waals surface area (Å²) in [5.74, 6) is 0.596. The van der Waals surface area contributed by atoms with Crippen LogP contribution >= 0.6 is 0 Å². The second-order valence-corrected chi connectivity index (χ2v) is 7.45. The predicted octanol–water partition coefficient (Wildman–Crippen LogP) is 4.89. The molecule has 2 N–H and O–H groups in total. The highest BCUT2D eigenvalue weighted by Crippen LogP contribution is 2.33. The third-order valence-electron chi connectivity index (χ3n) is 5.23. The Bertz CT molecular complexity index is 1240. The van der Waals surface area contributed by atoms with Crippen molar-refractivity contribution in [2.75, 3.05) is 10.6 Å². The second-order valence-electron chi connectivity index (χ2n) is 7.45. The molecule has 0 saturated carbocycles. The highest BCUT2D eigenvalue weighted by Gasteiger charge is 2.25. The van der Waals surface area contributed by atoms with Gasteiger partial charge < -0.3 is 5.32 Å². The molecule has 4 aromatic rings. The molecular weight excluding hydrogens is 386 g/mol. The number of amides is 1. The number of nitrogens with one attached hydrogen (secondary N) is 2. The lowest BCUT2D eigenvalue weighted by atomic mass is 10.0. The number of nitrogens with zero attached hydrogens (tertiary/aromatic N) is 3. The molecule has 0 radical (unpaired) electrons. The number of benzene rings is 3. The Balaban J connectivity index is 1.51. The first-order valence-electron chi connectivity index (χ1n) is 10.1. The number of carbonyl (C=O) groups excluding carboxylic acids is 1. The largest absolute Gasteiger partial charge is 0.324 e. The van der Waals surface area contributed by atoms with Crippen LogP contribution in [0.4, 0.5) is 11.9 Å². The van der Waals surface area contributed by atoms with Crippen molar-refractivity contribution < 1.29 is 4.79 Å². The monoisotopic (exact) mass is 407 g/mol. The van der Waals surface area contributed by atoms with Crippen LogP contribution in [-0.4, -0.2) is 20.7 Å². The standard InChI is InChI=1S/C25H21N5O/c1-17-12-14-19(15-13-17)22-16-21(18-8-4-2-5-9-18)26-25-28-24(29-30(22)25)27-23(31)20-10-6-3-7-11-20/h2-16,22H,1H3,(H2,26,27,28,29,31). The van der Waals surface area contributed by atoms with Crippen LogP contribution in [0, 0.1) is 6.92 Å². The molecule has 6 nitrogen and oxygen atoms in total. The van der Waals surface area contributed by atoms with Crippen LogP contribution < -0.4 is 10.6 Å². The zero-order valence-corrected chi connectivity index (χ0v) is 17.0. The van der Waals surface area contributed by atoms with Gasteiger partial charge in [0.1, 0.15) is 6.04 Å². The number of aromatic nitrogens is 3. The molecule has 3 aromatic carbocycles. The first-order valence-corrected chi connectivity index (χ1v) is 10.1. The average molecular weight is 407 g/mol. The molecule has 6 heteroatoms. The van der Waals surface area contributed by atoms with E-state index in [1.807, 2.05) is 36.4 Å². The molecule has 1 unspecified atom stereocenters. The molecule has 0 spiro atoms. The number of fused-ring (bicyclic) bond motifs is 1. The third kappa shape index (κ3) is 3.83. The lowest BCUT2D eigenvalue weighted by molar-refractivity contribution is 0.102. The van der Waals surface area contributed by atoms with Crippen molar-refractivity contribution in [3.05, 3.63) is 113 Å². The maximum absolute atomic E-state index is 12.6. The molecule has 0 saturated heterocycles. The fraction of sp³-hybridized carbons (Fsp3) is 0.0800. The van der Waals surface area contributed by atoms with Gasteiger partial charge in [0.2, 0.25) is 5.95 Å². The summed E-state index contributed by atoms with van der Waals surface area (Å²) in [5.41, 5.74) is 4.85. The second kappa shape index (κ2) is 7.91. The van der Waals surface area contributed by atoms with E-state index in [1.165, 1.54) is 5.56 Å². The van der Waals surface area contributed by atoms with Gasteiger partial charge in [0.15, 0.2) is 0 Å². The number of carbonyl (C=O) groups is 1. The van der Waals surface area contributed by atoms with Crippen molar-refractivity contribution >= 4 is 23.5 Å². The van der Waals surface area contributed by atoms with E-state index in [2.05, 4.69) is 70.1 Å². The van der Waals surface area contributed by atoms with E-state index in [-0.39, 0.29) is 17.9 Å². The van der Waals surface area contributed by atoms with Crippen LogP contribution in [0.2, 0.25) is 0 Å². The summed E-state index contributed by atoms with van der Waals surface area (Å²) in [4.78, 5) is 17.1. The van der Waals surface area contributed by atoms with E-state index in [1.54, 1.807) is 16.8 Å². The minimum absolute atomic E-state index is 0.151. The smallest absolute Gasteiger partial charge is 0.258 e. The molecule has 0 aliphatic carbocycles. The van der Waals surface area contributed by atoms with Crippen molar-refractivity contribution in [3.63, 3.8) is 0 Å². The molecule has 5 rings (SSSR count). The molecule has 1 aliphatic rings. The van der Waals surface area contributed by atoms with Gasteiger partial charge in [-0.2, -0.15) is 4.98 Å². The average Bonchev–Trinajstić information content (AvgIpc) is 3.22. The zero-order chi connectivity index (χ0) is 21.2. The van der Waals surface area contributed by atoms with Crippen LogP contribution in [-0.2, 0) is 0 Å². The van der Waals surface area contributed by atoms with Crippen LogP contribution in [0.15, 0.2) is 91.0 Å². The van der Waals surface area contributed by atoms with Crippen molar-refractivity contribution in [3.8, 4) is 0 Å². The predicted molar refractivity (Wildman–Crippen MR) is 122 cm³/mol. The number of hydrogen-bond donors (Lipinski definition) is 2. The molecule has 1 amide bonds. The van der Waals surface area contributed by atoms with Crippen molar-refractivity contribution in [2.24, 2.45) is 0 Å². The zero-order valence-electron chi connectivity index (χ0n) is 17.0. The normalized spacial score (nSPS) is 14.9. The summed E-state index contributed by atoms with van der Waals surface area (Å²) < 4.78 is 1.80. The van der Waals surface area contributed by atoms with Gasteiger partial charge in [0, 0.05) is 11.3 Å². The SMILES string of the molecule is Cc1ccc(C2C=C(c3ccccc3)Nc3nc(NC(=O)c4ccccc4)nn32)cc1. The maximum atomic E-state index is 12.6. The van der Waals surface area contributed by atoms with Gasteiger partial charge in [0.05, 0.1) is 0 Å². The van der Waals surface area contributed by atoms with Gasteiger partial charge in [-0.05, 0) is 36.3 Å². The van der Waals surface area contributed by atoms with Crippen LogP contribution in [0.5, 0.6) is 0 Å². The summed E-state index contributed by atoms with van der Waals surface area (Å²) >= 11 is 0. The minimum atomic E-state index is -0.244. The number of anilines is 2. The highest BCUT2D eigenvalue weighted by molar-refractivity contribution is 6.03. The number of aryl methyl sites for hydroxylation is 1. The molecule has 152 valence electrons. The van der Waals surface area contributed by atoms with Gasteiger partial charge in [0.25, 0.3) is 11.9 Å². The van der Waals surface area contributed by atoms with Gasteiger partial charge in [-0.15, -0.1) is 5.10 Å². The summed E-state index contributed by atoms with van der Waals surface area (Å²) in [6.07, 6.45) is 2.13. The number of rotatable bonds is 4. The van der Waals surface area contributed by atoms with E-state index in [0.29, 0.717) is 11.5 Å². The Hall–Kier alpha value is -4.19. The summed E-state index contributed by atoms with van der Waals surface area (Å²) in [6, 6.07) is 27.3. The van der Waals surface area contributed by atoms with Crippen LogP contribution in [0.25, 0.3) is 5.70 Å². The Morgan fingerprint density at radius 3 is 2.32 bits per heavy atom. The molecule has 1 atom stereocenters. The Labute approximate surface area is 180 Å². The van der Waals surface area contributed by atoms with E-state index >= 15 is 0 Å². The van der Waals surface area contributed by atoms with Gasteiger partial charge in [-0.25, -0.2) is 4.68 Å². The Kier molecular flexibility index (Phi) is 4.80. The van der Waals surface area contributed by atoms with Gasteiger partial charge in [-0.3, -0.25) is 10.1 Å². The van der Waals surface area contributed by atoms with E-state index in [4.69, 9.17) is 0 Å². The van der Waals surface area contributed by atoms with Gasteiger partial charge >= 0.3 is 0 Å². The lowest BCUT2D eigenvalue weighted by Gasteiger charge is -2.24. The van der Waals surface area contributed by atoms with E-state index < -0.39 is 0 Å². The van der Waals surface area contributed by atoms with Crippen molar-refractivity contribution in [2.45, 2.75) is 13.0 Å². The molecule has 31 heavy (non-hydrogen) atoms. The van der Waals surface area contributed by atoms with E-state index in [9.17, 15) is 4.79 Å². The topological polar surface area (TPSA) is 71.8 Å². The quantitative estimate of drug-likeness (QED) is 0.505. The first-order chi connectivity index (χ1) is 15.2. The first kappa shape index (κ1) is 18.8. The fourth-order valence-electron chi connectivity index (χ4n) is 3.60. The molecule has 2 heterocycles. The van der Waals surface area contributed by atoms with E-state index in [0.717, 1.165) is 16.8 Å². The Morgan fingerprint density at radius 1 is 0.935 bits per heavy atom. The molecular formula is C25H21N5O. The molecule has 1 aliphatic heterocycles. The summed E-state index contributed by atoms with van der Waals surface area (Å²) in [6.45, 7) is 2.07. The van der Waals surface area contributed by atoms with Crippen molar-refractivity contribution in [1.82, 2.24) is 14.8 Å². The van der Waals surface area contributed by atoms with Crippen LogP contribution in [0.1, 0.15) is 33.1 Å². The fourth-order valence-corrected chi connectivity index (χ4v) is 3.60. The minimum Gasteiger partial charge on any atom is -0.324 e. The summed E-state index contributed by atoms with van der Waals surface area (Å²) in [7, 11) is 0. The van der Waals surface area contributed by atoms with Crippen molar-refractivity contribution in [1.29, 1.82) is 0 Å². The summed E-state index contributed by atoms with van der Waals surface area (Å²) in [5, 5.41) is 10.8. The number of hydrogen-bond acceptors (Lipinski definition) is 4. The molecule has 0 bridgehead atoms. The molecule has 0 fully saturated rings. The van der Waals surface area contributed by atoms with Gasteiger partial charge in [-0.1, -0.05) is 78.4 Å². The van der Waals surface area contributed by atoms with Crippen LogP contribution in [0.3, 0.4) is 0 Å². The number of allylic oxidation sites excluding steroid dienone is 1. The highest BCUT2D eigenvalue weighted by atomic mass is 16.1. The Morgan fingerprint density at radius 2 is 1.61 bits per heavy atom. The lowest BCUT2D eigenvalue weighted by Crippen LogP contribution is -2.20. The third-order valence-corrected chi connectivity index (χ3v) is 5.23.